The highest BCUT2D eigenvalue weighted by atomic mass is 35.5. The van der Waals surface area contributed by atoms with Gasteiger partial charge in [0.15, 0.2) is 32.8 Å². The summed E-state index contributed by atoms with van der Waals surface area (Å²) in [6, 6.07) is 8.38. The summed E-state index contributed by atoms with van der Waals surface area (Å²) in [4.78, 5) is 5.47. The second-order valence-corrected chi connectivity index (χ2v) is 14.6. The lowest BCUT2D eigenvalue weighted by Crippen LogP contribution is -2.24. The molecule has 0 saturated carbocycles. The Morgan fingerprint density at radius 3 is 1.77 bits per heavy atom. The van der Waals surface area contributed by atoms with Gasteiger partial charge >= 0.3 is 0 Å². The van der Waals surface area contributed by atoms with Gasteiger partial charge in [0.2, 0.25) is 9.84 Å². The van der Waals surface area contributed by atoms with Gasteiger partial charge in [0.1, 0.15) is 32.1 Å². The van der Waals surface area contributed by atoms with Crippen LogP contribution >= 0.6 is 23.2 Å². The topological polar surface area (TPSA) is 264 Å². The van der Waals surface area contributed by atoms with Crippen LogP contribution in [0.25, 0.3) is 0 Å². The van der Waals surface area contributed by atoms with Gasteiger partial charge in [0.05, 0.1) is 21.2 Å². The zero-order valence-electron chi connectivity index (χ0n) is 21.3. The van der Waals surface area contributed by atoms with Crippen LogP contribution in [0.2, 0.25) is 10.0 Å². The molecular formula is C24H15Cl2N5O10S3. The maximum Gasteiger partial charge on any atom is 0.300 e. The van der Waals surface area contributed by atoms with Gasteiger partial charge in [0, 0.05) is 5.69 Å². The highest BCUT2D eigenvalue weighted by Gasteiger charge is 2.36. The zero-order chi connectivity index (χ0) is 32.1. The van der Waals surface area contributed by atoms with Crippen LogP contribution in [0.3, 0.4) is 0 Å². The van der Waals surface area contributed by atoms with Crippen molar-refractivity contribution in [2.45, 2.75) is 19.6 Å². The first-order chi connectivity index (χ1) is 20.4. The summed E-state index contributed by atoms with van der Waals surface area (Å²) in [5.41, 5.74) is 15.7. The monoisotopic (exact) mass is 699 g/mol. The van der Waals surface area contributed by atoms with Crippen molar-refractivity contribution in [1.82, 2.24) is 0 Å². The number of fused-ring (bicyclic) bond motifs is 4. The number of nitrogens with two attached hydrogens (primary N) is 3. The van der Waals surface area contributed by atoms with E-state index in [9.17, 15) is 34.4 Å². The van der Waals surface area contributed by atoms with Crippen molar-refractivity contribution in [2.75, 3.05) is 17.2 Å². The van der Waals surface area contributed by atoms with E-state index >= 15 is 0 Å². The van der Waals surface area contributed by atoms with Gasteiger partial charge in [0.25, 0.3) is 20.2 Å². The van der Waals surface area contributed by atoms with E-state index < -0.39 is 72.7 Å². The van der Waals surface area contributed by atoms with Crippen LogP contribution in [0.1, 0.15) is 0 Å². The van der Waals surface area contributed by atoms with E-state index in [4.69, 9.17) is 49.9 Å². The first-order valence-electron chi connectivity index (χ1n) is 11.7. The third-order valence-corrected chi connectivity index (χ3v) is 10.8. The predicted molar refractivity (Wildman–Crippen MR) is 156 cm³/mol. The van der Waals surface area contributed by atoms with E-state index in [0.29, 0.717) is 0 Å². The lowest BCUT2D eigenvalue weighted by Gasteiger charge is -2.23. The number of hydrogen-bond acceptors (Lipinski definition) is 13. The average molecular weight is 701 g/mol. The van der Waals surface area contributed by atoms with Crippen LogP contribution < -0.4 is 37.4 Å². The van der Waals surface area contributed by atoms with Crippen LogP contribution in [-0.4, -0.2) is 34.4 Å². The van der Waals surface area contributed by atoms with Gasteiger partial charge in [-0.1, -0.05) is 29.3 Å². The van der Waals surface area contributed by atoms with Gasteiger partial charge in [-0.05, 0) is 36.4 Å². The molecule has 0 saturated heterocycles. The minimum absolute atomic E-state index is 0.0802. The first-order valence-corrected chi connectivity index (χ1v) is 16.8. The molecule has 20 heteroatoms. The molecule has 0 atom stereocenters. The van der Waals surface area contributed by atoms with Crippen LogP contribution in [0.15, 0.2) is 72.0 Å². The molecule has 228 valence electrons. The Kier molecular flexibility index (Phi) is 6.56. The summed E-state index contributed by atoms with van der Waals surface area (Å²) >= 11 is 13.1. The van der Waals surface area contributed by atoms with E-state index in [-0.39, 0.29) is 49.2 Å². The summed E-state index contributed by atoms with van der Waals surface area (Å²) in [6.07, 6.45) is 0. The van der Waals surface area contributed by atoms with Crippen LogP contribution in [0, 0.1) is 0 Å². The molecule has 0 radical (unpaired) electrons. The van der Waals surface area contributed by atoms with E-state index in [1.54, 1.807) is 0 Å². The molecule has 15 nitrogen and oxygen atoms in total. The number of hydrogen-bond donors (Lipinski definition) is 5. The molecular weight excluding hydrogens is 685 g/mol. The van der Waals surface area contributed by atoms with Crippen molar-refractivity contribution in [1.29, 1.82) is 0 Å². The number of sulfone groups is 1. The van der Waals surface area contributed by atoms with Crippen LogP contribution in [0.5, 0.6) is 23.0 Å². The number of rotatable bonds is 4. The smallest absolute Gasteiger partial charge is 0.300 e. The molecule has 2 aliphatic heterocycles. The van der Waals surface area contributed by atoms with E-state index in [2.05, 4.69) is 9.98 Å². The number of nitrogens with zero attached hydrogens (tertiary/aromatic N) is 2. The fourth-order valence-corrected chi connectivity index (χ4v) is 8.11. The normalized spacial score (nSPS) is 13.6. The molecule has 0 bridgehead atoms. The summed E-state index contributed by atoms with van der Waals surface area (Å²) in [6.45, 7) is 0. The van der Waals surface area contributed by atoms with E-state index in [1.165, 1.54) is 24.3 Å². The third-order valence-electron chi connectivity index (χ3n) is 6.43. The largest absolute Gasteiger partial charge is 0.450 e. The fraction of sp³-hybridized carbons (Fsp3) is 0. The Balaban J connectivity index is 1.66. The molecule has 0 spiro atoms. The molecule has 0 amide bonds. The van der Waals surface area contributed by atoms with Gasteiger partial charge in [-0.2, -0.15) is 16.8 Å². The molecule has 0 unspecified atom stereocenters. The SMILES string of the molecule is Nc1cccc(S(=O)(=O)c2cc3c(c(S(=O)(=O)O)c2N)Oc2c(Cl)c4c(c(Cl)c2=N3)Oc2c(ccc(N)c2S(=O)(=O)O)N=4)c1. The molecule has 6 rings (SSSR count). The minimum atomic E-state index is -5.27. The Morgan fingerprint density at radius 1 is 0.682 bits per heavy atom. The summed E-state index contributed by atoms with van der Waals surface area (Å²) in [5, 5.41) is -1.29. The molecule has 4 aromatic rings. The van der Waals surface area contributed by atoms with Crippen LogP contribution in [0.4, 0.5) is 28.4 Å². The van der Waals surface area contributed by atoms with Crippen molar-refractivity contribution in [3.63, 3.8) is 0 Å². The third kappa shape index (κ3) is 4.50. The maximum atomic E-state index is 13.5. The van der Waals surface area contributed by atoms with Crippen LogP contribution in [-0.2, 0) is 30.1 Å². The maximum absolute atomic E-state index is 13.5. The molecule has 8 N–H and O–H groups in total. The van der Waals surface area contributed by atoms with Gasteiger partial charge < -0.3 is 26.7 Å². The Hall–Kier alpha value is -4.17. The molecule has 2 heterocycles. The number of benzene rings is 4. The zero-order valence-corrected chi connectivity index (χ0v) is 25.3. The first kappa shape index (κ1) is 29.9. The number of ether oxygens (including phenoxy) is 2. The number of halogens is 2. The highest BCUT2D eigenvalue weighted by Crippen LogP contribution is 2.50. The van der Waals surface area contributed by atoms with E-state index in [1.807, 2.05) is 0 Å². The van der Waals surface area contributed by atoms with Crippen molar-refractivity contribution in [3.8, 4) is 23.0 Å². The quantitative estimate of drug-likeness (QED) is 0.131. The van der Waals surface area contributed by atoms with Gasteiger partial charge in [-0.15, -0.1) is 0 Å². The fourth-order valence-electron chi connectivity index (χ4n) is 4.56. The lowest BCUT2D eigenvalue weighted by atomic mass is 10.2. The van der Waals surface area contributed by atoms with Crippen molar-refractivity contribution in [3.05, 3.63) is 63.2 Å². The number of nitrogen functional groups attached to an aromatic ring is 3. The highest BCUT2D eigenvalue weighted by molar-refractivity contribution is 7.91. The van der Waals surface area contributed by atoms with Gasteiger partial charge in [-0.25, -0.2) is 18.4 Å². The molecule has 0 aliphatic carbocycles. The molecule has 0 fully saturated rings. The van der Waals surface area contributed by atoms with Crippen molar-refractivity contribution in [2.24, 2.45) is 9.98 Å². The molecule has 0 aromatic heterocycles. The van der Waals surface area contributed by atoms with E-state index in [0.717, 1.165) is 18.2 Å². The lowest BCUT2D eigenvalue weighted by molar-refractivity contribution is 0.428. The standard InChI is InChI=1S/C24H15Cl2N5O10S3/c25-14-17-21(40-19-11(30-17)5-4-10(28)23(19)43(34,35)36)15(26)18-22(14)41-20-12(31-18)7-13(16(29)24(20)44(37,38)39)42(32,33)9-3-1-2-8(27)6-9/h1-7H,27-29H2,(H,34,35,36)(H,37,38,39). The number of anilines is 3. The second-order valence-electron chi connectivity index (χ2n) is 9.24. The Morgan fingerprint density at radius 2 is 1.23 bits per heavy atom. The Bertz CT molecular complexity index is 2470. The van der Waals surface area contributed by atoms with Crippen molar-refractivity contribution < 1.29 is 43.8 Å². The second kappa shape index (κ2) is 9.66. The van der Waals surface area contributed by atoms with Gasteiger partial charge in [-0.3, -0.25) is 9.11 Å². The van der Waals surface area contributed by atoms with Crippen molar-refractivity contribution >= 4 is 81.7 Å². The molecule has 2 aliphatic rings. The Labute approximate surface area is 257 Å². The summed E-state index contributed by atoms with van der Waals surface area (Å²) in [5.74, 6) is -1.90. The predicted octanol–water partition coefficient (Wildman–Crippen LogP) is 3.18. The molecule has 4 aromatic carbocycles. The summed E-state index contributed by atoms with van der Waals surface area (Å²) in [7, 11) is -14.7. The molecule has 44 heavy (non-hydrogen) atoms. The minimum Gasteiger partial charge on any atom is -0.450 e. The average Bonchev–Trinajstić information content (AvgIpc) is 2.92. The summed E-state index contributed by atoms with van der Waals surface area (Å²) < 4.78 is 108.